The highest BCUT2D eigenvalue weighted by molar-refractivity contribution is 9.09. The van der Waals surface area contributed by atoms with Crippen molar-refractivity contribution in [2.75, 3.05) is 11.9 Å². The van der Waals surface area contributed by atoms with Gasteiger partial charge in [0, 0.05) is 10.7 Å². The van der Waals surface area contributed by atoms with Crippen LogP contribution in [0.15, 0.2) is 0 Å². The number of hydrogen-bond acceptors (Lipinski definition) is 1. The lowest BCUT2D eigenvalue weighted by atomic mass is 9.83. The van der Waals surface area contributed by atoms with Gasteiger partial charge < -0.3 is 4.74 Å². The van der Waals surface area contributed by atoms with E-state index in [1.807, 2.05) is 0 Å². The molecule has 1 aliphatic carbocycles. The summed E-state index contributed by atoms with van der Waals surface area (Å²) in [6, 6.07) is 0. The van der Waals surface area contributed by atoms with Crippen molar-refractivity contribution in [2.45, 2.75) is 64.9 Å². The number of halogens is 1. The summed E-state index contributed by atoms with van der Waals surface area (Å²) in [7, 11) is 0. The molecule has 0 aromatic heterocycles. The summed E-state index contributed by atoms with van der Waals surface area (Å²) in [5.74, 6) is 0. The first-order valence-electron chi connectivity index (χ1n) is 6.17. The van der Waals surface area contributed by atoms with Gasteiger partial charge in [0.2, 0.25) is 0 Å². The molecule has 2 heteroatoms. The standard InChI is InChI=1S/C13H25BrO/c1-12(2,3)15-11-13(10-14)8-6-4-5-7-9-13/h4-11H2,1-3H3. The first-order valence-corrected chi connectivity index (χ1v) is 7.30. The first kappa shape index (κ1) is 13.5. The van der Waals surface area contributed by atoms with Gasteiger partial charge in [0.05, 0.1) is 12.2 Å². The number of hydrogen-bond donors (Lipinski definition) is 0. The largest absolute Gasteiger partial charge is 0.375 e. The quantitative estimate of drug-likeness (QED) is 0.543. The molecule has 0 aromatic rings. The fourth-order valence-corrected chi connectivity index (χ4v) is 2.89. The molecule has 0 N–H and O–H groups in total. The molecular formula is C13H25BrO. The summed E-state index contributed by atoms with van der Waals surface area (Å²) in [5.41, 5.74) is 0.408. The maximum atomic E-state index is 5.99. The summed E-state index contributed by atoms with van der Waals surface area (Å²) in [6.45, 7) is 7.35. The van der Waals surface area contributed by atoms with Crippen molar-refractivity contribution < 1.29 is 4.74 Å². The zero-order valence-corrected chi connectivity index (χ0v) is 12.0. The van der Waals surface area contributed by atoms with Gasteiger partial charge in [-0.2, -0.15) is 0 Å². The minimum atomic E-state index is 0.00146. The van der Waals surface area contributed by atoms with Crippen molar-refractivity contribution in [3.8, 4) is 0 Å². The fraction of sp³-hybridized carbons (Fsp3) is 1.00. The van der Waals surface area contributed by atoms with E-state index in [1.54, 1.807) is 0 Å². The second-order valence-electron chi connectivity index (χ2n) is 5.95. The molecule has 15 heavy (non-hydrogen) atoms. The van der Waals surface area contributed by atoms with Gasteiger partial charge >= 0.3 is 0 Å². The van der Waals surface area contributed by atoms with E-state index >= 15 is 0 Å². The Bertz CT molecular complexity index is 175. The van der Waals surface area contributed by atoms with Crippen LogP contribution in [0, 0.1) is 5.41 Å². The van der Waals surface area contributed by atoms with E-state index in [0.29, 0.717) is 5.41 Å². The normalized spacial score (nSPS) is 22.4. The monoisotopic (exact) mass is 276 g/mol. The Morgan fingerprint density at radius 1 is 1.07 bits per heavy atom. The summed E-state index contributed by atoms with van der Waals surface area (Å²) in [6.07, 6.45) is 8.22. The molecule has 1 aliphatic rings. The van der Waals surface area contributed by atoms with E-state index < -0.39 is 0 Å². The topological polar surface area (TPSA) is 9.23 Å². The van der Waals surface area contributed by atoms with Crippen molar-refractivity contribution in [2.24, 2.45) is 5.41 Å². The average Bonchev–Trinajstić information content (AvgIpc) is 2.40. The van der Waals surface area contributed by atoms with E-state index in [2.05, 4.69) is 36.7 Å². The first-order chi connectivity index (χ1) is 6.97. The van der Waals surface area contributed by atoms with Crippen molar-refractivity contribution in [3.05, 3.63) is 0 Å². The predicted octanol–water partition coefficient (Wildman–Crippen LogP) is 4.54. The van der Waals surface area contributed by atoms with Gasteiger partial charge in [-0.1, -0.05) is 41.6 Å². The van der Waals surface area contributed by atoms with Crippen LogP contribution in [-0.2, 0) is 4.74 Å². The zero-order valence-electron chi connectivity index (χ0n) is 10.4. The van der Waals surface area contributed by atoms with Crippen molar-refractivity contribution >= 4 is 15.9 Å². The molecule has 0 aromatic carbocycles. The second-order valence-corrected chi connectivity index (χ2v) is 6.51. The van der Waals surface area contributed by atoms with Crippen LogP contribution in [0.1, 0.15) is 59.3 Å². The minimum Gasteiger partial charge on any atom is -0.375 e. The Balaban J connectivity index is 2.50. The second kappa shape index (κ2) is 5.67. The molecule has 0 amide bonds. The number of rotatable bonds is 3. The summed E-state index contributed by atoms with van der Waals surface area (Å²) < 4.78 is 5.99. The van der Waals surface area contributed by atoms with Gasteiger partial charge in [-0.15, -0.1) is 0 Å². The van der Waals surface area contributed by atoms with Crippen LogP contribution in [0.4, 0.5) is 0 Å². The lowest BCUT2D eigenvalue weighted by molar-refractivity contribution is -0.0498. The highest BCUT2D eigenvalue weighted by Crippen LogP contribution is 2.37. The molecule has 1 nitrogen and oxygen atoms in total. The van der Waals surface area contributed by atoms with Crippen molar-refractivity contribution in [1.29, 1.82) is 0 Å². The predicted molar refractivity (Wildman–Crippen MR) is 69.6 cm³/mol. The maximum absolute atomic E-state index is 5.99. The molecule has 90 valence electrons. The lowest BCUT2D eigenvalue weighted by Gasteiger charge is -2.34. The van der Waals surface area contributed by atoms with E-state index in [1.165, 1.54) is 38.5 Å². The molecule has 0 saturated heterocycles. The van der Waals surface area contributed by atoms with Gasteiger partial charge in [0.15, 0.2) is 0 Å². The third-order valence-corrected chi connectivity index (χ3v) is 4.45. The van der Waals surface area contributed by atoms with Crippen LogP contribution in [-0.4, -0.2) is 17.5 Å². The SMILES string of the molecule is CC(C)(C)OCC1(CBr)CCCCCC1. The van der Waals surface area contributed by atoms with Gasteiger partial charge in [-0.3, -0.25) is 0 Å². The Morgan fingerprint density at radius 2 is 1.60 bits per heavy atom. The van der Waals surface area contributed by atoms with Crippen molar-refractivity contribution in [3.63, 3.8) is 0 Å². The Hall–Kier alpha value is 0.440. The molecule has 0 atom stereocenters. The van der Waals surface area contributed by atoms with Crippen LogP contribution in [0.5, 0.6) is 0 Å². The van der Waals surface area contributed by atoms with Crippen molar-refractivity contribution in [1.82, 2.24) is 0 Å². The third-order valence-electron chi connectivity index (χ3n) is 3.26. The fourth-order valence-electron chi connectivity index (χ4n) is 2.16. The lowest BCUT2D eigenvalue weighted by Crippen LogP contribution is -2.33. The summed E-state index contributed by atoms with van der Waals surface area (Å²) in [4.78, 5) is 0. The minimum absolute atomic E-state index is 0.00146. The van der Waals surface area contributed by atoms with Crippen LogP contribution in [0.2, 0.25) is 0 Å². The molecule has 1 fully saturated rings. The van der Waals surface area contributed by atoms with E-state index in [0.717, 1.165) is 11.9 Å². The smallest absolute Gasteiger partial charge is 0.0598 e. The Labute approximate surface area is 103 Å². The molecule has 0 unspecified atom stereocenters. The molecule has 0 heterocycles. The van der Waals surface area contributed by atoms with Gasteiger partial charge in [0.1, 0.15) is 0 Å². The molecule has 0 aliphatic heterocycles. The van der Waals surface area contributed by atoms with E-state index in [9.17, 15) is 0 Å². The molecule has 0 radical (unpaired) electrons. The number of alkyl halides is 1. The Morgan fingerprint density at radius 3 is 2.00 bits per heavy atom. The van der Waals surface area contributed by atoms with Crippen LogP contribution in [0.25, 0.3) is 0 Å². The van der Waals surface area contributed by atoms with Crippen LogP contribution >= 0.6 is 15.9 Å². The number of ether oxygens (including phenoxy) is 1. The average molecular weight is 277 g/mol. The highest BCUT2D eigenvalue weighted by Gasteiger charge is 2.31. The van der Waals surface area contributed by atoms with E-state index in [4.69, 9.17) is 4.74 Å². The molecule has 1 saturated carbocycles. The van der Waals surface area contributed by atoms with Gasteiger partial charge in [-0.25, -0.2) is 0 Å². The Kier molecular flexibility index (Phi) is 5.11. The third kappa shape index (κ3) is 4.86. The van der Waals surface area contributed by atoms with Crippen LogP contribution < -0.4 is 0 Å². The zero-order chi connectivity index (χ0) is 11.4. The summed E-state index contributed by atoms with van der Waals surface area (Å²) in [5, 5.41) is 1.09. The molecule has 1 rings (SSSR count). The van der Waals surface area contributed by atoms with E-state index in [-0.39, 0.29) is 5.60 Å². The molecular weight excluding hydrogens is 252 g/mol. The van der Waals surface area contributed by atoms with Gasteiger partial charge in [-0.05, 0) is 33.6 Å². The molecule has 0 spiro atoms. The summed E-state index contributed by atoms with van der Waals surface area (Å²) >= 11 is 3.69. The molecule has 0 bridgehead atoms. The van der Waals surface area contributed by atoms with Gasteiger partial charge in [0.25, 0.3) is 0 Å². The maximum Gasteiger partial charge on any atom is 0.0598 e. The van der Waals surface area contributed by atoms with Crippen LogP contribution in [0.3, 0.4) is 0 Å². The highest BCUT2D eigenvalue weighted by atomic mass is 79.9.